The van der Waals surface area contributed by atoms with Crippen LogP contribution in [0.15, 0.2) is 54.2 Å². The lowest BCUT2D eigenvalue weighted by Crippen LogP contribution is -1.85. The molecule has 0 saturated heterocycles. The number of benzene rings is 1. The molecule has 0 bridgehead atoms. The van der Waals surface area contributed by atoms with Crippen LogP contribution in [0.2, 0.25) is 0 Å². The maximum absolute atomic E-state index is 9.45. The van der Waals surface area contributed by atoms with Gasteiger partial charge >= 0.3 is 0 Å². The molecule has 3 nitrogen and oxygen atoms in total. The second-order valence-electron chi connectivity index (χ2n) is 4.80. The second-order valence-corrected chi connectivity index (χ2v) is 5.66. The highest BCUT2D eigenvalue weighted by atomic mass is 32.1. The van der Waals surface area contributed by atoms with Gasteiger partial charge in [-0.2, -0.15) is 5.26 Å². The number of aromatic nitrogens is 2. The average molecular weight is 303 g/mol. The third kappa shape index (κ3) is 2.95. The van der Waals surface area contributed by atoms with Gasteiger partial charge in [0, 0.05) is 23.3 Å². The van der Waals surface area contributed by atoms with Gasteiger partial charge in [0.05, 0.1) is 11.3 Å². The van der Waals surface area contributed by atoms with Gasteiger partial charge < -0.3 is 0 Å². The van der Waals surface area contributed by atoms with Crippen LogP contribution in [-0.2, 0) is 0 Å². The van der Waals surface area contributed by atoms with Crippen molar-refractivity contribution in [1.29, 1.82) is 5.26 Å². The van der Waals surface area contributed by atoms with Crippen LogP contribution in [0.3, 0.4) is 0 Å². The molecular formula is C18H13N3S. The first-order chi connectivity index (χ1) is 10.8. The number of thiazole rings is 1. The first-order valence-electron chi connectivity index (χ1n) is 6.81. The monoisotopic (exact) mass is 303 g/mol. The minimum Gasteiger partial charge on any atom is -0.265 e. The number of hydrogen-bond acceptors (Lipinski definition) is 4. The Kier molecular flexibility index (Phi) is 4.08. The van der Waals surface area contributed by atoms with E-state index in [0.717, 1.165) is 27.4 Å². The number of rotatable bonds is 3. The van der Waals surface area contributed by atoms with Gasteiger partial charge in [-0.05, 0) is 36.3 Å². The molecule has 0 fully saturated rings. The molecule has 0 aliphatic carbocycles. The minimum atomic E-state index is 0.583. The number of pyridine rings is 1. The van der Waals surface area contributed by atoms with Crippen molar-refractivity contribution in [2.75, 3.05) is 0 Å². The number of nitriles is 1. The molecule has 0 saturated carbocycles. The van der Waals surface area contributed by atoms with Crippen molar-refractivity contribution in [1.82, 2.24) is 9.97 Å². The van der Waals surface area contributed by atoms with Crippen molar-refractivity contribution in [3.8, 4) is 17.3 Å². The fourth-order valence-electron chi connectivity index (χ4n) is 2.10. The van der Waals surface area contributed by atoms with Crippen LogP contribution in [0.1, 0.15) is 16.1 Å². The van der Waals surface area contributed by atoms with Crippen LogP contribution >= 0.6 is 11.3 Å². The molecule has 3 rings (SSSR count). The summed E-state index contributed by atoms with van der Waals surface area (Å²) in [6.45, 7) is 2.03. The van der Waals surface area contributed by atoms with E-state index in [1.54, 1.807) is 12.4 Å². The Morgan fingerprint density at radius 1 is 1.18 bits per heavy atom. The van der Waals surface area contributed by atoms with E-state index in [0.29, 0.717) is 5.57 Å². The molecule has 4 heteroatoms. The summed E-state index contributed by atoms with van der Waals surface area (Å²) in [5, 5.41) is 12.1. The van der Waals surface area contributed by atoms with Gasteiger partial charge in [-0.1, -0.05) is 24.3 Å². The standard InChI is InChI=1S/C18H13N3S/c1-13-4-2-3-5-15(13)10-16(11-19)18-21-17(12-22-18)14-6-8-20-9-7-14/h2-10,12H,1H3. The highest BCUT2D eigenvalue weighted by Gasteiger charge is 2.09. The highest BCUT2D eigenvalue weighted by molar-refractivity contribution is 7.11. The molecule has 0 aliphatic rings. The van der Waals surface area contributed by atoms with E-state index in [-0.39, 0.29) is 0 Å². The summed E-state index contributed by atoms with van der Waals surface area (Å²) < 4.78 is 0. The number of allylic oxidation sites excluding steroid dienone is 1. The maximum atomic E-state index is 9.45. The molecule has 2 heterocycles. The van der Waals surface area contributed by atoms with Gasteiger partial charge in [0.2, 0.25) is 0 Å². The lowest BCUT2D eigenvalue weighted by Gasteiger charge is -2.00. The normalized spacial score (nSPS) is 11.2. The Hall–Kier alpha value is -2.77. The van der Waals surface area contributed by atoms with E-state index in [1.165, 1.54) is 11.3 Å². The van der Waals surface area contributed by atoms with Crippen LogP contribution in [0.4, 0.5) is 0 Å². The molecule has 22 heavy (non-hydrogen) atoms. The van der Waals surface area contributed by atoms with Crippen molar-refractivity contribution >= 4 is 23.0 Å². The number of hydrogen-bond donors (Lipinski definition) is 0. The predicted octanol–water partition coefficient (Wildman–Crippen LogP) is 4.58. The summed E-state index contributed by atoms with van der Waals surface area (Å²) in [5.41, 5.74) is 4.64. The lowest BCUT2D eigenvalue weighted by molar-refractivity contribution is 1.31. The van der Waals surface area contributed by atoms with E-state index in [4.69, 9.17) is 0 Å². The van der Waals surface area contributed by atoms with Gasteiger partial charge in [-0.25, -0.2) is 4.98 Å². The summed E-state index contributed by atoms with van der Waals surface area (Å²) in [7, 11) is 0. The Balaban J connectivity index is 1.98. The van der Waals surface area contributed by atoms with Crippen LogP contribution in [0, 0.1) is 18.3 Å². The largest absolute Gasteiger partial charge is 0.265 e. The summed E-state index contributed by atoms with van der Waals surface area (Å²) in [6.07, 6.45) is 5.37. The Morgan fingerprint density at radius 2 is 1.95 bits per heavy atom. The van der Waals surface area contributed by atoms with E-state index in [9.17, 15) is 5.26 Å². The molecule has 3 aromatic rings. The van der Waals surface area contributed by atoms with Crippen molar-refractivity contribution in [2.24, 2.45) is 0 Å². The van der Waals surface area contributed by atoms with E-state index < -0.39 is 0 Å². The molecule has 1 aromatic carbocycles. The Labute approximate surface area is 133 Å². The smallest absolute Gasteiger partial charge is 0.134 e. The zero-order valence-corrected chi connectivity index (χ0v) is 12.8. The van der Waals surface area contributed by atoms with Gasteiger partial charge in [0.25, 0.3) is 0 Å². The van der Waals surface area contributed by atoms with Gasteiger partial charge in [-0.3, -0.25) is 4.98 Å². The van der Waals surface area contributed by atoms with Crippen molar-refractivity contribution < 1.29 is 0 Å². The van der Waals surface area contributed by atoms with E-state index in [2.05, 4.69) is 16.0 Å². The second kappa shape index (κ2) is 6.33. The summed E-state index contributed by atoms with van der Waals surface area (Å²) in [4.78, 5) is 8.58. The quantitative estimate of drug-likeness (QED) is 0.665. The molecule has 0 unspecified atom stereocenters. The summed E-state index contributed by atoms with van der Waals surface area (Å²) in [6, 6.07) is 14.1. The molecule has 0 radical (unpaired) electrons. The topological polar surface area (TPSA) is 49.6 Å². The van der Waals surface area contributed by atoms with E-state index in [1.807, 2.05) is 54.8 Å². The molecule has 0 N–H and O–H groups in total. The first-order valence-corrected chi connectivity index (χ1v) is 7.69. The highest BCUT2D eigenvalue weighted by Crippen LogP contribution is 2.27. The minimum absolute atomic E-state index is 0.583. The average Bonchev–Trinajstić information content (AvgIpc) is 3.05. The SMILES string of the molecule is Cc1ccccc1C=C(C#N)c1nc(-c2ccncc2)cs1. The maximum Gasteiger partial charge on any atom is 0.134 e. The van der Waals surface area contributed by atoms with E-state index >= 15 is 0 Å². The van der Waals surface area contributed by atoms with Crippen LogP contribution < -0.4 is 0 Å². The lowest BCUT2D eigenvalue weighted by atomic mass is 10.1. The van der Waals surface area contributed by atoms with Crippen molar-refractivity contribution in [2.45, 2.75) is 6.92 Å². The van der Waals surface area contributed by atoms with Crippen LogP contribution in [0.25, 0.3) is 22.9 Å². The zero-order chi connectivity index (χ0) is 15.4. The molecule has 2 aromatic heterocycles. The fourth-order valence-corrected chi connectivity index (χ4v) is 2.89. The van der Waals surface area contributed by atoms with Crippen LogP contribution in [0.5, 0.6) is 0 Å². The van der Waals surface area contributed by atoms with Gasteiger partial charge in [-0.15, -0.1) is 11.3 Å². The number of nitrogens with zero attached hydrogens (tertiary/aromatic N) is 3. The third-order valence-electron chi connectivity index (χ3n) is 3.32. The summed E-state index contributed by atoms with van der Waals surface area (Å²) in [5.74, 6) is 0. The first kappa shape index (κ1) is 14.2. The molecule has 0 amide bonds. The molecule has 0 aliphatic heterocycles. The zero-order valence-electron chi connectivity index (χ0n) is 12.0. The Bertz CT molecular complexity index is 857. The van der Waals surface area contributed by atoms with Gasteiger partial charge in [0.15, 0.2) is 0 Å². The molecule has 106 valence electrons. The molecule has 0 spiro atoms. The Morgan fingerprint density at radius 3 is 2.68 bits per heavy atom. The third-order valence-corrected chi connectivity index (χ3v) is 4.20. The van der Waals surface area contributed by atoms with Gasteiger partial charge in [0.1, 0.15) is 11.1 Å². The number of aryl methyl sites for hydroxylation is 1. The molecular weight excluding hydrogens is 290 g/mol. The predicted molar refractivity (Wildman–Crippen MR) is 90.0 cm³/mol. The molecule has 0 atom stereocenters. The van der Waals surface area contributed by atoms with Crippen LogP contribution in [-0.4, -0.2) is 9.97 Å². The fraction of sp³-hybridized carbons (Fsp3) is 0.0556. The van der Waals surface area contributed by atoms with Crippen molar-refractivity contribution in [3.63, 3.8) is 0 Å². The van der Waals surface area contributed by atoms with Crippen molar-refractivity contribution in [3.05, 3.63) is 70.3 Å². The summed E-state index contributed by atoms with van der Waals surface area (Å²) >= 11 is 1.48.